The summed E-state index contributed by atoms with van der Waals surface area (Å²) in [5.41, 5.74) is 0.232. The second kappa shape index (κ2) is 3.45. The Balaban J connectivity index is 1.86. The number of pyridine rings is 1. The number of hydrogen-bond acceptors (Lipinski definition) is 2. The summed E-state index contributed by atoms with van der Waals surface area (Å²) < 4.78 is 37.3. The molecule has 17 heavy (non-hydrogen) atoms. The molecule has 1 saturated carbocycles. The molecule has 2 atom stereocenters. The van der Waals surface area contributed by atoms with Crippen LogP contribution in [0, 0.1) is 5.92 Å². The van der Waals surface area contributed by atoms with Crippen LogP contribution in [0.15, 0.2) is 18.3 Å². The molecule has 1 aromatic rings. The molecular weight excluding hydrogens is 229 g/mol. The Morgan fingerprint density at radius 1 is 1.35 bits per heavy atom. The van der Waals surface area contributed by atoms with Crippen molar-refractivity contribution in [2.45, 2.75) is 24.4 Å². The molecule has 2 heterocycles. The summed E-state index contributed by atoms with van der Waals surface area (Å²) in [5, 5.41) is 3.30. The normalized spacial score (nSPS) is 32.1. The van der Waals surface area contributed by atoms with E-state index in [4.69, 9.17) is 0 Å². The van der Waals surface area contributed by atoms with Crippen molar-refractivity contribution in [3.63, 3.8) is 0 Å². The maximum absolute atomic E-state index is 12.4. The van der Waals surface area contributed by atoms with Gasteiger partial charge in [0.25, 0.3) is 0 Å². The highest BCUT2D eigenvalue weighted by atomic mass is 19.4. The van der Waals surface area contributed by atoms with Gasteiger partial charge in [-0.2, -0.15) is 13.2 Å². The molecule has 0 spiro atoms. The zero-order chi connectivity index (χ0) is 12.1. The molecular formula is C12H13F3N2. The van der Waals surface area contributed by atoms with Crippen LogP contribution >= 0.6 is 0 Å². The predicted molar refractivity (Wildman–Crippen MR) is 56.5 cm³/mol. The molecule has 2 aliphatic rings. The summed E-state index contributed by atoms with van der Waals surface area (Å²) in [6.45, 7) is 1.89. The van der Waals surface area contributed by atoms with Gasteiger partial charge in [-0.25, -0.2) is 0 Å². The Morgan fingerprint density at radius 2 is 2.18 bits per heavy atom. The minimum Gasteiger partial charge on any atom is -0.316 e. The zero-order valence-corrected chi connectivity index (χ0v) is 9.22. The van der Waals surface area contributed by atoms with Crippen LogP contribution in [0.25, 0.3) is 0 Å². The number of halogens is 3. The molecule has 2 fully saturated rings. The highest BCUT2D eigenvalue weighted by Gasteiger charge is 2.56. The van der Waals surface area contributed by atoms with E-state index in [1.54, 1.807) is 6.07 Å². The lowest BCUT2D eigenvalue weighted by molar-refractivity contribution is -0.137. The zero-order valence-electron chi connectivity index (χ0n) is 9.22. The number of fused-ring (bicyclic) bond motifs is 1. The Kier molecular flexibility index (Phi) is 2.23. The third-order valence-electron chi connectivity index (χ3n) is 3.97. The molecule has 1 aromatic heterocycles. The first-order chi connectivity index (χ1) is 8.02. The summed E-state index contributed by atoms with van der Waals surface area (Å²) >= 11 is 0. The van der Waals surface area contributed by atoms with Crippen LogP contribution in [-0.4, -0.2) is 18.1 Å². The van der Waals surface area contributed by atoms with Gasteiger partial charge in [0.1, 0.15) is 0 Å². The summed E-state index contributed by atoms with van der Waals surface area (Å²) in [6.07, 6.45) is -1.30. The van der Waals surface area contributed by atoms with Gasteiger partial charge in [-0.05, 0) is 44.0 Å². The molecule has 1 aliphatic carbocycles. The Labute approximate surface area is 97.2 Å². The minimum absolute atomic E-state index is 0.0649. The van der Waals surface area contributed by atoms with Crippen molar-refractivity contribution in [3.8, 4) is 0 Å². The minimum atomic E-state index is -4.29. The molecule has 0 amide bonds. The highest BCUT2D eigenvalue weighted by molar-refractivity contribution is 5.31. The molecule has 0 radical (unpaired) electrons. The van der Waals surface area contributed by atoms with Gasteiger partial charge in [0.2, 0.25) is 0 Å². The van der Waals surface area contributed by atoms with Crippen LogP contribution < -0.4 is 5.32 Å². The first kappa shape index (κ1) is 11.0. The van der Waals surface area contributed by atoms with Crippen molar-refractivity contribution in [1.82, 2.24) is 10.3 Å². The number of nitrogens with one attached hydrogen (secondary N) is 1. The lowest BCUT2D eigenvalue weighted by Gasteiger charge is -2.22. The maximum Gasteiger partial charge on any atom is 0.417 e. The second-order valence-corrected chi connectivity index (χ2v) is 4.94. The standard InChI is InChI=1S/C12H13F3N2/c13-12(14,15)8-1-2-10(17-7-8)11-3-4-16-6-9(11)5-11/h1-2,7,9,16H,3-6H2. The van der Waals surface area contributed by atoms with E-state index in [9.17, 15) is 13.2 Å². The highest BCUT2D eigenvalue weighted by Crippen LogP contribution is 2.57. The van der Waals surface area contributed by atoms with Crippen molar-refractivity contribution < 1.29 is 13.2 Å². The van der Waals surface area contributed by atoms with E-state index >= 15 is 0 Å². The number of piperidine rings is 1. The Morgan fingerprint density at radius 3 is 2.76 bits per heavy atom. The first-order valence-corrected chi connectivity index (χ1v) is 5.77. The molecule has 3 rings (SSSR count). The van der Waals surface area contributed by atoms with Crippen molar-refractivity contribution in [1.29, 1.82) is 0 Å². The van der Waals surface area contributed by atoms with Crippen LogP contribution in [0.2, 0.25) is 0 Å². The lowest BCUT2D eigenvalue weighted by Crippen LogP contribution is -2.32. The van der Waals surface area contributed by atoms with Crippen molar-refractivity contribution in [3.05, 3.63) is 29.6 Å². The summed E-state index contributed by atoms with van der Waals surface area (Å²) in [6, 6.07) is 2.70. The van der Waals surface area contributed by atoms with Gasteiger partial charge in [-0.1, -0.05) is 0 Å². The van der Waals surface area contributed by atoms with Crippen molar-refractivity contribution in [2.75, 3.05) is 13.1 Å². The van der Waals surface area contributed by atoms with Gasteiger partial charge < -0.3 is 5.32 Å². The molecule has 0 bridgehead atoms. The molecule has 0 aromatic carbocycles. The smallest absolute Gasteiger partial charge is 0.316 e. The molecule has 5 heteroatoms. The van der Waals surface area contributed by atoms with Crippen molar-refractivity contribution >= 4 is 0 Å². The average molecular weight is 242 g/mol. The average Bonchev–Trinajstić information content (AvgIpc) is 3.03. The maximum atomic E-state index is 12.4. The predicted octanol–water partition coefficient (Wildman–Crippen LogP) is 2.35. The molecule has 2 nitrogen and oxygen atoms in total. The van der Waals surface area contributed by atoms with E-state index in [1.807, 2.05) is 0 Å². The third-order valence-corrected chi connectivity index (χ3v) is 3.97. The number of nitrogens with zero attached hydrogens (tertiary/aromatic N) is 1. The summed E-state index contributed by atoms with van der Waals surface area (Å²) in [7, 11) is 0. The Hall–Kier alpha value is -1.10. The summed E-state index contributed by atoms with van der Waals surface area (Å²) in [5.74, 6) is 0.556. The molecule has 1 N–H and O–H groups in total. The van der Waals surface area contributed by atoms with E-state index in [-0.39, 0.29) is 5.41 Å². The quantitative estimate of drug-likeness (QED) is 0.817. The van der Waals surface area contributed by atoms with Crippen LogP contribution in [0.1, 0.15) is 24.1 Å². The number of rotatable bonds is 1. The fourth-order valence-corrected chi connectivity index (χ4v) is 2.84. The number of hydrogen-bond donors (Lipinski definition) is 1. The molecule has 92 valence electrons. The SMILES string of the molecule is FC(F)(F)c1ccc(C23CCNCC2C3)nc1. The topological polar surface area (TPSA) is 24.9 Å². The molecule has 1 aliphatic heterocycles. The van der Waals surface area contributed by atoms with Crippen LogP contribution in [0.4, 0.5) is 13.2 Å². The number of alkyl halides is 3. The summed E-state index contributed by atoms with van der Waals surface area (Å²) in [4.78, 5) is 4.03. The van der Waals surface area contributed by atoms with Crippen molar-refractivity contribution in [2.24, 2.45) is 5.92 Å². The van der Waals surface area contributed by atoms with Gasteiger partial charge in [0, 0.05) is 17.3 Å². The van der Waals surface area contributed by atoms with Gasteiger partial charge in [0.05, 0.1) is 5.56 Å². The van der Waals surface area contributed by atoms with Gasteiger partial charge in [0.15, 0.2) is 0 Å². The third kappa shape index (κ3) is 1.73. The van der Waals surface area contributed by atoms with E-state index < -0.39 is 11.7 Å². The van der Waals surface area contributed by atoms with E-state index in [0.29, 0.717) is 5.92 Å². The van der Waals surface area contributed by atoms with E-state index in [1.165, 1.54) is 0 Å². The first-order valence-electron chi connectivity index (χ1n) is 5.77. The lowest BCUT2D eigenvalue weighted by atomic mass is 9.91. The fourth-order valence-electron chi connectivity index (χ4n) is 2.84. The van der Waals surface area contributed by atoms with Crippen LogP contribution in [0.3, 0.4) is 0 Å². The Bertz CT molecular complexity index is 426. The van der Waals surface area contributed by atoms with E-state index in [2.05, 4.69) is 10.3 Å². The van der Waals surface area contributed by atoms with Crippen LogP contribution in [-0.2, 0) is 11.6 Å². The van der Waals surface area contributed by atoms with Gasteiger partial charge >= 0.3 is 6.18 Å². The van der Waals surface area contributed by atoms with Crippen LogP contribution in [0.5, 0.6) is 0 Å². The second-order valence-electron chi connectivity index (χ2n) is 4.94. The van der Waals surface area contributed by atoms with Gasteiger partial charge in [-0.3, -0.25) is 4.98 Å². The van der Waals surface area contributed by atoms with E-state index in [0.717, 1.165) is 43.9 Å². The number of aromatic nitrogens is 1. The molecule has 2 unspecified atom stereocenters. The largest absolute Gasteiger partial charge is 0.417 e. The fraction of sp³-hybridized carbons (Fsp3) is 0.583. The molecule has 1 saturated heterocycles. The van der Waals surface area contributed by atoms with Gasteiger partial charge in [-0.15, -0.1) is 0 Å². The monoisotopic (exact) mass is 242 g/mol.